The lowest BCUT2D eigenvalue weighted by atomic mass is 10.1. The maximum absolute atomic E-state index is 5.54. The van der Waals surface area contributed by atoms with Crippen LogP contribution >= 0.6 is 0 Å². The van der Waals surface area contributed by atoms with Crippen molar-refractivity contribution in [1.29, 1.82) is 0 Å². The van der Waals surface area contributed by atoms with Gasteiger partial charge in [0.25, 0.3) is 0 Å². The van der Waals surface area contributed by atoms with Crippen molar-refractivity contribution in [3.8, 4) is 0 Å². The molecular weight excluding hydrogens is 226 g/mol. The van der Waals surface area contributed by atoms with E-state index in [9.17, 15) is 0 Å². The summed E-state index contributed by atoms with van der Waals surface area (Å²) in [5, 5.41) is 7.82. The highest BCUT2D eigenvalue weighted by Crippen LogP contribution is 2.03. The Morgan fingerprint density at radius 2 is 2.06 bits per heavy atom. The summed E-state index contributed by atoms with van der Waals surface area (Å²) in [6.07, 6.45) is 3.17. The Labute approximate surface area is 111 Å². The molecule has 0 atom stereocenters. The van der Waals surface area contributed by atoms with Crippen molar-refractivity contribution in [3.05, 3.63) is 18.0 Å². The van der Waals surface area contributed by atoms with Crippen LogP contribution in [0.5, 0.6) is 0 Å². The average Bonchev–Trinajstić information content (AvgIpc) is 2.76. The highest BCUT2D eigenvalue weighted by Gasteiger charge is 2.01. The first-order valence-corrected chi connectivity index (χ1v) is 6.92. The minimum atomic E-state index is 0.429. The molecule has 0 radical (unpaired) electrons. The van der Waals surface area contributed by atoms with Gasteiger partial charge in [-0.25, -0.2) is 0 Å². The highest BCUT2D eigenvalue weighted by molar-refractivity contribution is 4.98. The number of rotatable bonds is 9. The van der Waals surface area contributed by atoms with Crippen LogP contribution in [0.15, 0.2) is 12.3 Å². The van der Waals surface area contributed by atoms with Crippen LogP contribution in [0.3, 0.4) is 0 Å². The van der Waals surface area contributed by atoms with Gasteiger partial charge in [0.05, 0.1) is 12.3 Å². The van der Waals surface area contributed by atoms with Crippen LogP contribution in [-0.2, 0) is 11.3 Å². The molecule has 0 saturated carbocycles. The molecule has 104 valence electrons. The summed E-state index contributed by atoms with van der Waals surface area (Å²) >= 11 is 0. The molecule has 0 aromatic carbocycles. The summed E-state index contributed by atoms with van der Waals surface area (Å²) in [5.74, 6) is 0.720. The third kappa shape index (κ3) is 6.17. The molecule has 1 N–H and O–H groups in total. The highest BCUT2D eigenvalue weighted by atomic mass is 16.5. The summed E-state index contributed by atoms with van der Waals surface area (Å²) in [6, 6.07) is 2.49. The molecule has 0 aliphatic carbocycles. The van der Waals surface area contributed by atoms with E-state index in [2.05, 4.69) is 44.2 Å². The zero-order valence-electron chi connectivity index (χ0n) is 12.1. The fourth-order valence-corrected chi connectivity index (χ4v) is 1.54. The van der Waals surface area contributed by atoms with E-state index >= 15 is 0 Å². The number of aromatic nitrogens is 2. The standard InChI is InChI=1S/C14H27N3O/c1-12(2)6-9-18-10-7-15-11-14-5-8-17(16-14)13(3)4/h5,8,12-13,15H,6-7,9-11H2,1-4H3. The van der Waals surface area contributed by atoms with Gasteiger partial charge in [-0.3, -0.25) is 4.68 Å². The van der Waals surface area contributed by atoms with Gasteiger partial charge in [-0.2, -0.15) is 5.10 Å². The third-order valence-electron chi connectivity index (χ3n) is 2.76. The quantitative estimate of drug-likeness (QED) is 0.688. The molecule has 1 heterocycles. The fourth-order valence-electron chi connectivity index (χ4n) is 1.54. The molecule has 18 heavy (non-hydrogen) atoms. The Hall–Kier alpha value is -0.870. The van der Waals surface area contributed by atoms with E-state index in [1.807, 2.05) is 10.9 Å². The molecule has 0 unspecified atom stereocenters. The molecule has 0 aliphatic heterocycles. The predicted molar refractivity (Wildman–Crippen MR) is 74.6 cm³/mol. The zero-order chi connectivity index (χ0) is 13.4. The summed E-state index contributed by atoms with van der Waals surface area (Å²) < 4.78 is 7.52. The zero-order valence-corrected chi connectivity index (χ0v) is 12.1. The van der Waals surface area contributed by atoms with Crippen molar-refractivity contribution < 1.29 is 4.74 Å². The van der Waals surface area contributed by atoms with Crippen LogP contribution in [0.2, 0.25) is 0 Å². The van der Waals surface area contributed by atoms with Gasteiger partial charge in [-0.15, -0.1) is 0 Å². The maximum atomic E-state index is 5.54. The topological polar surface area (TPSA) is 39.1 Å². The maximum Gasteiger partial charge on any atom is 0.0762 e. The number of ether oxygens (including phenoxy) is 1. The number of hydrogen-bond donors (Lipinski definition) is 1. The molecule has 0 spiro atoms. The van der Waals surface area contributed by atoms with E-state index < -0.39 is 0 Å². The summed E-state index contributed by atoms with van der Waals surface area (Å²) in [7, 11) is 0. The first-order chi connectivity index (χ1) is 8.59. The van der Waals surface area contributed by atoms with Crippen molar-refractivity contribution in [2.45, 2.75) is 46.7 Å². The Bertz CT molecular complexity index is 321. The second-order valence-corrected chi connectivity index (χ2v) is 5.35. The van der Waals surface area contributed by atoms with E-state index in [0.29, 0.717) is 6.04 Å². The molecule has 0 saturated heterocycles. The first-order valence-electron chi connectivity index (χ1n) is 6.92. The smallest absolute Gasteiger partial charge is 0.0762 e. The second-order valence-electron chi connectivity index (χ2n) is 5.35. The third-order valence-corrected chi connectivity index (χ3v) is 2.76. The minimum Gasteiger partial charge on any atom is -0.380 e. The molecule has 1 aromatic heterocycles. The lowest BCUT2D eigenvalue weighted by molar-refractivity contribution is 0.125. The van der Waals surface area contributed by atoms with Gasteiger partial charge in [0.2, 0.25) is 0 Å². The number of nitrogens with zero attached hydrogens (tertiary/aromatic N) is 2. The molecule has 4 nitrogen and oxygen atoms in total. The van der Waals surface area contributed by atoms with E-state index in [1.165, 1.54) is 0 Å². The Morgan fingerprint density at radius 3 is 2.67 bits per heavy atom. The molecule has 1 rings (SSSR count). The Morgan fingerprint density at radius 1 is 1.28 bits per heavy atom. The normalized spacial score (nSPS) is 11.7. The number of nitrogens with one attached hydrogen (secondary N) is 1. The lowest BCUT2D eigenvalue weighted by Gasteiger charge is -2.07. The van der Waals surface area contributed by atoms with Gasteiger partial charge in [0.1, 0.15) is 0 Å². The molecule has 0 aliphatic rings. The van der Waals surface area contributed by atoms with Crippen molar-refractivity contribution in [3.63, 3.8) is 0 Å². The van der Waals surface area contributed by atoms with Crippen molar-refractivity contribution >= 4 is 0 Å². The summed E-state index contributed by atoms with van der Waals surface area (Å²) in [4.78, 5) is 0. The van der Waals surface area contributed by atoms with Crippen molar-refractivity contribution in [2.24, 2.45) is 5.92 Å². The average molecular weight is 253 g/mol. The SMILES string of the molecule is CC(C)CCOCCNCc1ccn(C(C)C)n1. The van der Waals surface area contributed by atoms with Gasteiger partial charge >= 0.3 is 0 Å². The molecule has 0 bridgehead atoms. The van der Waals surface area contributed by atoms with Crippen LogP contribution in [0, 0.1) is 5.92 Å². The fraction of sp³-hybridized carbons (Fsp3) is 0.786. The molecular formula is C14H27N3O. The molecule has 0 fully saturated rings. The van der Waals surface area contributed by atoms with Crippen LogP contribution in [0.1, 0.15) is 45.9 Å². The van der Waals surface area contributed by atoms with Gasteiger partial charge in [0, 0.05) is 31.9 Å². The molecule has 1 aromatic rings. The van der Waals surface area contributed by atoms with Gasteiger partial charge < -0.3 is 10.1 Å². The minimum absolute atomic E-state index is 0.429. The van der Waals surface area contributed by atoms with Crippen LogP contribution in [-0.4, -0.2) is 29.5 Å². The van der Waals surface area contributed by atoms with Crippen LogP contribution in [0.25, 0.3) is 0 Å². The Kier molecular flexibility index (Phi) is 6.98. The largest absolute Gasteiger partial charge is 0.380 e. The molecule has 4 heteroatoms. The molecule has 0 amide bonds. The van der Waals surface area contributed by atoms with E-state index in [0.717, 1.165) is 44.3 Å². The van der Waals surface area contributed by atoms with Crippen molar-refractivity contribution in [2.75, 3.05) is 19.8 Å². The monoisotopic (exact) mass is 253 g/mol. The lowest BCUT2D eigenvalue weighted by Crippen LogP contribution is -2.20. The van der Waals surface area contributed by atoms with Gasteiger partial charge in [-0.05, 0) is 32.3 Å². The predicted octanol–water partition coefficient (Wildman–Crippen LogP) is 2.62. The van der Waals surface area contributed by atoms with E-state index in [4.69, 9.17) is 4.74 Å². The summed E-state index contributed by atoms with van der Waals surface area (Å²) in [6.45, 7) is 12.0. The van der Waals surface area contributed by atoms with Crippen molar-refractivity contribution in [1.82, 2.24) is 15.1 Å². The van der Waals surface area contributed by atoms with Crippen LogP contribution < -0.4 is 5.32 Å². The van der Waals surface area contributed by atoms with Crippen LogP contribution in [0.4, 0.5) is 0 Å². The number of hydrogen-bond acceptors (Lipinski definition) is 3. The second kappa shape index (κ2) is 8.27. The summed E-state index contributed by atoms with van der Waals surface area (Å²) in [5.41, 5.74) is 1.09. The van der Waals surface area contributed by atoms with E-state index in [1.54, 1.807) is 0 Å². The Balaban J connectivity index is 2.03. The van der Waals surface area contributed by atoms with E-state index in [-0.39, 0.29) is 0 Å². The van der Waals surface area contributed by atoms with Gasteiger partial charge in [0.15, 0.2) is 0 Å². The first kappa shape index (κ1) is 15.2. The van der Waals surface area contributed by atoms with Gasteiger partial charge in [-0.1, -0.05) is 13.8 Å².